The monoisotopic (exact) mass is 241 g/mol. The molecule has 4 nitrogen and oxygen atoms in total. The van der Waals surface area contributed by atoms with E-state index < -0.39 is 0 Å². The number of rotatable bonds is 1. The van der Waals surface area contributed by atoms with Crippen LogP contribution in [-0.2, 0) is 7.05 Å². The summed E-state index contributed by atoms with van der Waals surface area (Å²) in [6.45, 7) is 1.43. The van der Waals surface area contributed by atoms with Crippen LogP contribution in [0.2, 0.25) is 5.02 Å². The number of nitrogens with two attached hydrogens (primary N) is 1. The molecule has 0 saturated carbocycles. The van der Waals surface area contributed by atoms with Crippen molar-refractivity contribution in [2.75, 3.05) is 13.1 Å². The molecule has 2 heterocycles. The lowest BCUT2D eigenvalue weighted by Crippen LogP contribution is -2.46. The molecule has 88 valence electrons. The third-order valence-electron chi connectivity index (χ3n) is 2.94. The van der Waals surface area contributed by atoms with E-state index in [0.29, 0.717) is 17.3 Å². The van der Waals surface area contributed by atoms with E-state index in [9.17, 15) is 4.79 Å². The standard InChI is InChI=1S/C11H16ClN3O/c1-14-6-8(12)5-10(14)11(16)15-4-2-3-9(13)7-15/h5-6,9H,2-4,7,13H2,1H3. The zero-order valence-corrected chi connectivity index (χ0v) is 10.1. The smallest absolute Gasteiger partial charge is 0.270 e. The van der Waals surface area contributed by atoms with Crippen molar-refractivity contribution in [3.63, 3.8) is 0 Å². The number of piperidine rings is 1. The molecule has 1 atom stereocenters. The van der Waals surface area contributed by atoms with Crippen molar-refractivity contribution in [2.24, 2.45) is 12.8 Å². The van der Waals surface area contributed by atoms with Gasteiger partial charge in [0, 0.05) is 32.4 Å². The number of nitrogens with zero attached hydrogens (tertiary/aromatic N) is 2. The van der Waals surface area contributed by atoms with Crippen LogP contribution in [0.4, 0.5) is 0 Å². The van der Waals surface area contributed by atoms with Gasteiger partial charge in [0.25, 0.3) is 5.91 Å². The summed E-state index contributed by atoms with van der Waals surface area (Å²) >= 11 is 5.86. The lowest BCUT2D eigenvalue weighted by atomic mass is 10.1. The van der Waals surface area contributed by atoms with Crippen molar-refractivity contribution in [1.82, 2.24) is 9.47 Å². The highest BCUT2D eigenvalue weighted by Gasteiger charge is 2.24. The molecule has 2 N–H and O–H groups in total. The number of likely N-dealkylation sites (tertiary alicyclic amines) is 1. The van der Waals surface area contributed by atoms with E-state index in [4.69, 9.17) is 17.3 Å². The van der Waals surface area contributed by atoms with Gasteiger partial charge in [-0.1, -0.05) is 11.6 Å². The highest BCUT2D eigenvalue weighted by Crippen LogP contribution is 2.17. The van der Waals surface area contributed by atoms with Gasteiger partial charge >= 0.3 is 0 Å². The zero-order valence-electron chi connectivity index (χ0n) is 9.32. The van der Waals surface area contributed by atoms with Crippen molar-refractivity contribution in [3.05, 3.63) is 23.0 Å². The van der Waals surface area contributed by atoms with Gasteiger partial charge in [0.1, 0.15) is 5.69 Å². The van der Waals surface area contributed by atoms with Crippen LogP contribution in [0, 0.1) is 0 Å². The van der Waals surface area contributed by atoms with Gasteiger partial charge in [-0.15, -0.1) is 0 Å². The first kappa shape index (κ1) is 11.5. The number of aryl methyl sites for hydroxylation is 1. The van der Waals surface area contributed by atoms with E-state index in [-0.39, 0.29) is 11.9 Å². The summed E-state index contributed by atoms with van der Waals surface area (Å²) in [5.74, 6) is 0.0181. The molecule has 0 bridgehead atoms. The largest absolute Gasteiger partial charge is 0.345 e. The van der Waals surface area contributed by atoms with Gasteiger partial charge in [0.2, 0.25) is 0 Å². The van der Waals surface area contributed by atoms with Crippen molar-refractivity contribution in [3.8, 4) is 0 Å². The maximum Gasteiger partial charge on any atom is 0.270 e. The van der Waals surface area contributed by atoms with Gasteiger partial charge in [-0.25, -0.2) is 0 Å². The lowest BCUT2D eigenvalue weighted by molar-refractivity contribution is 0.0699. The Labute approximate surface area is 100.0 Å². The van der Waals surface area contributed by atoms with Crippen LogP contribution in [0.1, 0.15) is 23.3 Å². The van der Waals surface area contributed by atoms with E-state index in [1.54, 1.807) is 21.7 Å². The SMILES string of the molecule is Cn1cc(Cl)cc1C(=O)N1CCCC(N)C1. The van der Waals surface area contributed by atoms with Crippen molar-refractivity contribution >= 4 is 17.5 Å². The molecule has 1 saturated heterocycles. The fourth-order valence-corrected chi connectivity index (χ4v) is 2.34. The van der Waals surface area contributed by atoms with Gasteiger partial charge in [0.15, 0.2) is 0 Å². The predicted octanol–water partition coefficient (Wildman–Crippen LogP) is 1.24. The maximum atomic E-state index is 12.2. The summed E-state index contributed by atoms with van der Waals surface area (Å²) < 4.78 is 1.75. The number of amides is 1. The molecule has 2 rings (SSSR count). The fourth-order valence-electron chi connectivity index (χ4n) is 2.09. The third-order valence-corrected chi connectivity index (χ3v) is 3.14. The Balaban J connectivity index is 2.15. The molecule has 1 fully saturated rings. The van der Waals surface area contributed by atoms with Crippen LogP contribution in [0.3, 0.4) is 0 Å². The van der Waals surface area contributed by atoms with Crippen LogP contribution in [0.5, 0.6) is 0 Å². The quantitative estimate of drug-likeness (QED) is 0.805. The zero-order chi connectivity index (χ0) is 11.7. The minimum Gasteiger partial charge on any atom is -0.345 e. The molecular formula is C11H16ClN3O. The number of hydrogen-bond acceptors (Lipinski definition) is 2. The molecule has 1 aromatic heterocycles. The second-order valence-electron chi connectivity index (χ2n) is 4.31. The van der Waals surface area contributed by atoms with Crippen LogP contribution < -0.4 is 5.73 Å². The predicted molar refractivity (Wildman–Crippen MR) is 63.5 cm³/mol. The Morgan fingerprint density at radius 3 is 2.94 bits per heavy atom. The molecule has 5 heteroatoms. The first-order chi connectivity index (χ1) is 7.58. The first-order valence-electron chi connectivity index (χ1n) is 5.44. The van der Waals surface area contributed by atoms with Crippen molar-refractivity contribution < 1.29 is 4.79 Å². The van der Waals surface area contributed by atoms with Gasteiger partial charge in [-0.3, -0.25) is 4.79 Å². The first-order valence-corrected chi connectivity index (χ1v) is 5.82. The summed E-state index contributed by atoms with van der Waals surface area (Å²) in [6.07, 6.45) is 3.71. The Kier molecular flexibility index (Phi) is 3.21. The summed E-state index contributed by atoms with van der Waals surface area (Å²) in [5.41, 5.74) is 6.48. The summed E-state index contributed by atoms with van der Waals surface area (Å²) in [4.78, 5) is 14.0. The topological polar surface area (TPSA) is 51.3 Å². The molecule has 0 aliphatic carbocycles. The van der Waals surface area contributed by atoms with E-state index >= 15 is 0 Å². The van der Waals surface area contributed by atoms with Crippen LogP contribution >= 0.6 is 11.6 Å². The van der Waals surface area contributed by atoms with Gasteiger partial charge < -0.3 is 15.2 Å². The number of carbonyl (C=O) groups is 1. The minimum atomic E-state index is 0.0181. The number of carbonyl (C=O) groups excluding carboxylic acids is 1. The second kappa shape index (κ2) is 4.47. The molecule has 16 heavy (non-hydrogen) atoms. The molecule has 1 aliphatic heterocycles. The highest BCUT2D eigenvalue weighted by molar-refractivity contribution is 6.31. The molecule has 1 aromatic rings. The Morgan fingerprint density at radius 2 is 2.38 bits per heavy atom. The number of halogens is 1. The third kappa shape index (κ3) is 2.23. The fraction of sp³-hybridized carbons (Fsp3) is 0.545. The van der Waals surface area contributed by atoms with Crippen LogP contribution in [0.15, 0.2) is 12.3 Å². The molecule has 0 spiro atoms. The average Bonchev–Trinajstić information content (AvgIpc) is 2.57. The van der Waals surface area contributed by atoms with E-state index in [1.807, 2.05) is 7.05 Å². The highest BCUT2D eigenvalue weighted by atomic mass is 35.5. The lowest BCUT2D eigenvalue weighted by Gasteiger charge is -2.30. The van der Waals surface area contributed by atoms with Gasteiger partial charge in [0.05, 0.1) is 5.02 Å². The Bertz CT molecular complexity index is 402. The van der Waals surface area contributed by atoms with Crippen LogP contribution in [-0.4, -0.2) is 34.5 Å². The van der Waals surface area contributed by atoms with Crippen molar-refractivity contribution in [1.29, 1.82) is 0 Å². The molecule has 1 amide bonds. The van der Waals surface area contributed by atoms with Gasteiger partial charge in [-0.05, 0) is 18.9 Å². The molecule has 1 unspecified atom stereocenters. The summed E-state index contributed by atoms with van der Waals surface area (Å²) in [6, 6.07) is 1.80. The normalized spacial score (nSPS) is 21.2. The number of hydrogen-bond donors (Lipinski definition) is 1. The average molecular weight is 242 g/mol. The maximum absolute atomic E-state index is 12.2. The summed E-state index contributed by atoms with van der Waals surface area (Å²) in [5, 5.41) is 0.590. The Morgan fingerprint density at radius 1 is 1.62 bits per heavy atom. The summed E-state index contributed by atoms with van der Waals surface area (Å²) in [7, 11) is 1.82. The molecular weight excluding hydrogens is 226 g/mol. The van der Waals surface area contributed by atoms with E-state index in [1.165, 1.54) is 0 Å². The van der Waals surface area contributed by atoms with Gasteiger partial charge in [-0.2, -0.15) is 0 Å². The minimum absolute atomic E-state index is 0.0181. The van der Waals surface area contributed by atoms with E-state index in [2.05, 4.69) is 0 Å². The molecule has 0 aromatic carbocycles. The number of aromatic nitrogens is 1. The van der Waals surface area contributed by atoms with Crippen LogP contribution in [0.25, 0.3) is 0 Å². The Hall–Kier alpha value is -1.00. The van der Waals surface area contributed by atoms with Crippen molar-refractivity contribution in [2.45, 2.75) is 18.9 Å². The molecule has 1 aliphatic rings. The molecule has 0 radical (unpaired) electrons. The van der Waals surface area contributed by atoms with E-state index in [0.717, 1.165) is 19.4 Å². The second-order valence-corrected chi connectivity index (χ2v) is 4.74.